The molecular formula is C55H103N5O3. The number of nitrogens with zero attached hydrogens (tertiary/aromatic N) is 5. The van der Waals surface area contributed by atoms with Crippen molar-refractivity contribution in [3.8, 4) is 0 Å². The van der Waals surface area contributed by atoms with Crippen molar-refractivity contribution in [2.75, 3.05) is 72.1 Å². The van der Waals surface area contributed by atoms with Crippen molar-refractivity contribution in [3.05, 3.63) is 35.4 Å². The fourth-order valence-corrected chi connectivity index (χ4v) is 10.1. The molecular weight excluding hydrogens is 779 g/mol. The summed E-state index contributed by atoms with van der Waals surface area (Å²) < 4.78 is 11.4. The van der Waals surface area contributed by atoms with Crippen molar-refractivity contribution < 1.29 is 14.3 Å². The van der Waals surface area contributed by atoms with Gasteiger partial charge in [-0.3, -0.25) is 29.3 Å². The molecule has 0 saturated carbocycles. The van der Waals surface area contributed by atoms with Gasteiger partial charge in [0.05, 0.1) is 13.2 Å². The molecule has 1 aromatic rings. The molecule has 366 valence electrons. The van der Waals surface area contributed by atoms with E-state index in [1.54, 1.807) is 6.92 Å². The number of carbonyl (C=O) groups is 1. The number of Topliss-reactive ketones (excluding diaryl/α,β-unsaturated/α-hetero) is 1. The second-order valence-corrected chi connectivity index (χ2v) is 25.2. The van der Waals surface area contributed by atoms with E-state index >= 15 is 0 Å². The molecule has 5 saturated heterocycles. The van der Waals surface area contributed by atoms with Crippen LogP contribution in [0, 0.1) is 17.8 Å². The summed E-state index contributed by atoms with van der Waals surface area (Å²) in [4.78, 5) is 23.9. The molecule has 0 amide bonds. The number of benzene rings is 1. The van der Waals surface area contributed by atoms with Crippen LogP contribution in [0.4, 0.5) is 0 Å². The summed E-state index contributed by atoms with van der Waals surface area (Å²) >= 11 is 0. The van der Waals surface area contributed by atoms with Gasteiger partial charge in [0.25, 0.3) is 0 Å². The van der Waals surface area contributed by atoms with E-state index in [0.717, 1.165) is 77.0 Å². The van der Waals surface area contributed by atoms with Crippen LogP contribution in [0.1, 0.15) is 187 Å². The molecule has 3 atom stereocenters. The van der Waals surface area contributed by atoms with Gasteiger partial charge in [-0.25, -0.2) is 0 Å². The van der Waals surface area contributed by atoms with Gasteiger partial charge in [-0.05, 0) is 192 Å². The highest BCUT2D eigenvalue weighted by molar-refractivity contribution is 5.78. The molecule has 8 heteroatoms. The summed E-state index contributed by atoms with van der Waals surface area (Å²) in [6.45, 7) is 54.0. The zero-order valence-electron chi connectivity index (χ0n) is 44.9. The van der Waals surface area contributed by atoms with Crippen molar-refractivity contribution in [2.24, 2.45) is 17.8 Å². The zero-order valence-corrected chi connectivity index (χ0v) is 44.9. The Hall–Kier alpha value is -1.39. The third-order valence-corrected chi connectivity index (χ3v) is 14.4. The summed E-state index contributed by atoms with van der Waals surface area (Å²) in [6, 6.07) is 8.80. The number of piperidine rings is 4. The maximum Gasteiger partial charge on any atom is 0.170 e. The lowest BCUT2D eigenvalue weighted by atomic mass is 9.88. The van der Waals surface area contributed by atoms with Crippen molar-refractivity contribution >= 4 is 5.78 Å². The highest BCUT2D eigenvalue weighted by Crippen LogP contribution is 2.34. The van der Waals surface area contributed by atoms with E-state index in [2.05, 4.69) is 166 Å². The van der Waals surface area contributed by atoms with Crippen molar-refractivity contribution in [1.82, 2.24) is 24.5 Å². The van der Waals surface area contributed by atoms with Crippen molar-refractivity contribution in [3.63, 3.8) is 0 Å². The van der Waals surface area contributed by atoms with Crippen LogP contribution in [0.25, 0.3) is 0 Å². The van der Waals surface area contributed by atoms with Gasteiger partial charge >= 0.3 is 0 Å². The molecule has 3 unspecified atom stereocenters. The molecule has 1 spiro atoms. The molecule has 0 radical (unpaired) electrons. The average molecular weight is 882 g/mol. The Balaban J connectivity index is 0.000000211. The van der Waals surface area contributed by atoms with Gasteiger partial charge in [-0.15, -0.1) is 0 Å². The van der Waals surface area contributed by atoms with Crippen LogP contribution in [-0.4, -0.2) is 136 Å². The van der Waals surface area contributed by atoms with Crippen LogP contribution in [0.15, 0.2) is 24.3 Å². The Bertz CT molecular complexity index is 1440. The number of likely N-dealkylation sites (tertiary alicyclic amines) is 4. The van der Waals surface area contributed by atoms with Crippen LogP contribution >= 0.6 is 0 Å². The summed E-state index contributed by atoms with van der Waals surface area (Å²) in [7, 11) is 0. The first-order valence-corrected chi connectivity index (χ1v) is 25.6. The van der Waals surface area contributed by atoms with E-state index in [-0.39, 0.29) is 22.8 Å². The Morgan fingerprint density at radius 3 is 1.43 bits per heavy atom. The number of hydrogen-bond acceptors (Lipinski definition) is 8. The minimum Gasteiger partial charge on any atom is -0.347 e. The quantitative estimate of drug-likeness (QED) is 0.277. The second kappa shape index (κ2) is 24.1. The van der Waals surface area contributed by atoms with Crippen LogP contribution in [0.2, 0.25) is 0 Å². The topological polar surface area (TPSA) is 51.7 Å². The first kappa shape index (κ1) is 55.9. The van der Waals surface area contributed by atoms with Gasteiger partial charge in [-0.2, -0.15) is 0 Å². The van der Waals surface area contributed by atoms with Gasteiger partial charge < -0.3 is 9.47 Å². The first-order valence-electron chi connectivity index (χ1n) is 25.6. The minimum atomic E-state index is -0.220. The summed E-state index contributed by atoms with van der Waals surface area (Å²) in [5.41, 5.74) is 4.60. The lowest BCUT2D eigenvalue weighted by molar-refractivity contribution is -0.190. The van der Waals surface area contributed by atoms with Crippen molar-refractivity contribution in [2.45, 2.75) is 222 Å². The molecule has 6 heterocycles. The highest BCUT2D eigenvalue weighted by atomic mass is 16.7. The van der Waals surface area contributed by atoms with Gasteiger partial charge in [0.15, 0.2) is 5.79 Å². The molecule has 0 bridgehead atoms. The molecule has 8 nitrogen and oxygen atoms in total. The standard InChI is InChI=1S/C13H19N.C11H21NO2.C11H21NO.C11H23N.C9H19N/c1-13(2,3)14-9-8-11-6-4-5-7-12(11)10-14;1-10(2,3)12-6-4-11(5-7-12)13-8-9-14-11;1-9(13)10-6-5-7-12(8-10)11(2,3)4;1-9-6-10(2)8-12(7-9)11(3,4)5;1-9(2,3)10-7-5-4-6-8-10/h4-7H,8-10H2,1-3H3;4-9H2,1-3H3;10H,5-8H2,1-4H3;9-10H,6-8H2,1-5H3;4-8H2,1-3H3. The van der Waals surface area contributed by atoms with Crippen LogP contribution in [-0.2, 0) is 27.2 Å². The lowest BCUT2D eigenvalue weighted by Gasteiger charge is -2.43. The van der Waals surface area contributed by atoms with Crippen LogP contribution < -0.4 is 0 Å². The number of hydrogen-bond donors (Lipinski definition) is 0. The molecule has 0 aliphatic carbocycles. The third kappa shape index (κ3) is 19.4. The molecule has 1 aromatic carbocycles. The Morgan fingerprint density at radius 1 is 0.540 bits per heavy atom. The van der Waals surface area contributed by atoms with Gasteiger partial charge in [-0.1, -0.05) is 44.5 Å². The van der Waals surface area contributed by atoms with E-state index in [1.807, 2.05) is 0 Å². The maximum absolute atomic E-state index is 11.2. The van der Waals surface area contributed by atoms with Crippen LogP contribution in [0.5, 0.6) is 0 Å². The fraction of sp³-hybridized carbons (Fsp3) is 0.873. The fourth-order valence-electron chi connectivity index (χ4n) is 10.1. The van der Waals surface area contributed by atoms with E-state index in [4.69, 9.17) is 9.47 Å². The first-order chi connectivity index (χ1) is 29.0. The lowest BCUT2D eigenvalue weighted by Crippen LogP contribution is -2.51. The monoisotopic (exact) mass is 882 g/mol. The van der Waals surface area contributed by atoms with E-state index < -0.39 is 0 Å². The van der Waals surface area contributed by atoms with Crippen LogP contribution in [0.3, 0.4) is 0 Å². The van der Waals surface area contributed by atoms with Crippen molar-refractivity contribution in [1.29, 1.82) is 0 Å². The number of carbonyl (C=O) groups excluding carboxylic acids is 1. The molecule has 6 aliphatic rings. The third-order valence-electron chi connectivity index (χ3n) is 14.4. The van der Waals surface area contributed by atoms with Gasteiger partial charge in [0.1, 0.15) is 5.78 Å². The largest absolute Gasteiger partial charge is 0.347 e. The molecule has 63 heavy (non-hydrogen) atoms. The van der Waals surface area contributed by atoms with Gasteiger partial charge in [0, 0.05) is 92.3 Å². The molecule has 6 aliphatic heterocycles. The molecule has 5 fully saturated rings. The smallest absolute Gasteiger partial charge is 0.170 e. The SMILES string of the molecule is CC(=O)C1CCCN(C(C)(C)C)C1.CC(C)(C)N1CCC2(CC1)OCCO2.CC(C)(C)N1CCCCC1.CC(C)(C)N1CCc2ccccc2C1.CC1CC(C)CN(C(C)(C)C)C1. The molecule has 0 N–H and O–H groups in total. The number of fused-ring (bicyclic) bond motifs is 1. The number of ether oxygens (including phenoxy) is 2. The number of ketones is 1. The maximum atomic E-state index is 11.2. The second-order valence-electron chi connectivity index (χ2n) is 25.2. The minimum absolute atomic E-state index is 0.216. The Morgan fingerprint density at radius 2 is 0.984 bits per heavy atom. The van der Waals surface area contributed by atoms with E-state index in [0.29, 0.717) is 22.4 Å². The van der Waals surface area contributed by atoms with E-state index in [9.17, 15) is 4.79 Å². The normalized spacial score (nSPS) is 25.8. The van der Waals surface area contributed by atoms with E-state index in [1.165, 1.54) is 82.4 Å². The number of rotatable bonds is 1. The zero-order chi connectivity index (χ0) is 47.4. The summed E-state index contributed by atoms with van der Waals surface area (Å²) in [5, 5.41) is 0. The average Bonchev–Trinajstić information content (AvgIpc) is 3.64. The molecule has 0 aromatic heterocycles. The Kier molecular flexibility index (Phi) is 21.4. The van der Waals surface area contributed by atoms with Gasteiger partial charge in [0.2, 0.25) is 0 Å². The Labute approximate surface area is 390 Å². The molecule has 7 rings (SSSR count). The summed E-state index contributed by atoms with van der Waals surface area (Å²) in [5.74, 6) is 2.18. The predicted octanol–water partition coefficient (Wildman–Crippen LogP) is 11.6. The summed E-state index contributed by atoms with van der Waals surface area (Å²) in [6.07, 6.45) is 11.1. The highest BCUT2D eigenvalue weighted by Gasteiger charge is 2.41. The predicted molar refractivity (Wildman–Crippen MR) is 270 cm³/mol.